The maximum Gasteiger partial charge on any atom is 0.0166 e. The maximum absolute atomic E-state index is 4.44. The minimum absolute atomic E-state index is 0.236. The first-order valence-electron chi connectivity index (χ1n) is 6.82. The molecule has 0 bridgehead atoms. The van der Waals surface area contributed by atoms with Crippen LogP contribution in [0.5, 0.6) is 0 Å². The molecule has 0 aliphatic carbocycles. The first-order valence-corrected chi connectivity index (χ1v) is 7.70. The molecule has 0 nitrogen and oxygen atoms in total. The summed E-state index contributed by atoms with van der Waals surface area (Å²) >= 11 is 1.79. The van der Waals surface area contributed by atoms with Crippen LogP contribution in [0.2, 0.25) is 0 Å². The van der Waals surface area contributed by atoms with Crippen molar-refractivity contribution in [1.29, 1.82) is 0 Å². The smallest absolute Gasteiger partial charge is 0.0166 e. The average Bonchev–Trinajstić information content (AvgIpc) is 3.04. The predicted octanol–water partition coefficient (Wildman–Crippen LogP) is 5.50. The van der Waals surface area contributed by atoms with Gasteiger partial charge in [0.25, 0.3) is 0 Å². The second-order valence-electron chi connectivity index (χ2n) is 4.92. The van der Waals surface area contributed by atoms with Crippen molar-refractivity contribution < 1.29 is 0 Å². The van der Waals surface area contributed by atoms with Crippen LogP contribution in [0.15, 0.2) is 78.2 Å². The van der Waals surface area contributed by atoms with Crippen molar-refractivity contribution in [2.75, 3.05) is 0 Å². The maximum atomic E-state index is 4.44. The van der Waals surface area contributed by atoms with E-state index in [4.69, 9.17) is 0 Å². The molecule has 1 radical (unpaired) electrons. The van der Waals surface area contributed by atoms with Crippen LogP contribution in [-0.2, 0) is 0 Å². The van der Waals surface area contributed by atoms with E-state index in [1.165, 1.54) is 16.0 Å². The number of benzene rings is 2. The van der Waals surface area contributed by atoms with Crippen LogP contribution in [-0.4, -0.2) is 0 Å². The standard InChI is InChI=1S/C19H17S/c1-15(18-13-8-14-20-18)19(16-9-4-2-5-10-16)17-11-6-3-7-12-17/h2-15,19H,1H2. The molecule has 2 aromatic carbocycles. The SMILES string of the molecule is [CH2]C(c1cccs1)C(c1ccccc1)c1ccccc1. The second-order valence-corrected chi connectivity index (χ2v) is 5.90. The van der Waals surface area contributed by atoms with Crippen molar-refractivity contribution in [3.63, 3.8) is 0 Å². The molecule has 0 saturated heterocycles. The summed E-state index contributed by atoms with van der Waals surface area (Å²) in [6.07, 6.45) is 0. The zero-order valence-corrected chi connectivity index (χ0v) is 12.1. The van der Waals surface area contributed by atoms with E-state index in [0.29, 0.717) is 5.92 Å². The van der Waals surface area contributed by atoms with Crippen molar-refractivity contribution in [2.24, 2.45) is 0 Å². The Labute approximate surface area is 124 Å². The Hall–Kier alpha value is -1.86. The van der Waals surface area contributed by atoms with Gasteiger partial charge in [-0.25, -0.2) is 0 Å². The topological polar surface area (TPSA) is 0 Å². The van der Waals surface area contributed by atoms with E-state index >= 15 is 0 Å². The molecule has 1 atom stereocenters. The van der Waals surface area contributed by atoms with E-state index in [0.717, 1.165) is 0 Å². The van der Waals surface area contributed by atoms with Crippen molar-refractivity contribution in [1.82, 2.24) is 0 Å². The fourth-order valence-electron chi connectivity index (χ4n) is 2.64. The molecular weight excluding hydrogens is 260 g/mol. The molecule has 3 aromatic rings. The fraction of sp³-hybridized carbons (Fsp3) is 0.105. The third-order valence-corrected chi connectivity index (χ3v) is 4.63. The molecule has 1 heteroatoms. The van der Waals surface area contributed by atoms with Gasteiger partial charge in [-0.05, 0) is 29.5 Å². The molecular formula is C19H17S. The lowest BCUT2D eigenvalue weighted by Crippen LogP contribution is -2.09. The molecule has 99 valence electrons. The first-order chi connectivity index (χ1) is 9.86. The monoisotopic (exact) mass is 277 g/mol. The Bertz CT molecular complexity index is 587. The summed E-state index contributed by atoms with van der Waals surface area (Å²) < 4.78 is 0. The lowest BCUT2D eigenvalue weighted by atomic mass is 9.81. The molecule has 3 rings (SSSR count). The highest BCUT2D eigenvalue weighted by Gasteiger charge is 2.23. The Morgan fingerprint density at radius 1 is 0.700 bits per heavy atom. The summed E-state index contributed by atoms with van der Waals surface area (Å²) in [6.45, 7) is 4.44. The van der Waals surface area contributed by atoms with E-state index in [1.807, 2.05) is 0 Å². The van der Waals surface area contributed by atoms with Gasteiger partial charge in [-0.3, -0.25) is 0 Å². The molecule has 0 saturated carbocycles. The molecule has 0 aliphatic heterocycles. The van der Waals surface area contributed by atoms with Crippen LogP contribution in [0.3, 0.4) is 0 Å². The van der Waals surface area contributed by atoms with E-state index < -0.39 is 0 Å². The molecule has 20 heavy (non-hydrogen) atoms. The van der Waals surface area contributed by atoms with Crippen LogP contribution < -0.4 is 0 Å². The molecule has 1 heterocycles. The summed E-state index contributed by atoms with van der Waals surface area (Å²) in [5.74, 6) is 0.538. The quantitative estimate of drug-likeness (QED) is 0.591. The molecule has 0 amide bonds. The van der Waals surface area contributed by atoms with Crippen LogP contribution in [0.4, 0.5) is 0 Å². The van der Waals surface area contributed by atoms with Gasteiger partial charge in [0, 0.05) is 16.7 Å². The van der Waals surface area contributed by atoms with Gasteiger partial charge < -0.3 is 0 Å². The average molecular weight is 277 g/mol. The summed E-state index contributed by atoms with van der Waals surface area (Å²) in [7, 11) is 0. The van der Waals surface area contributed by atoms with Crippen LogP contribution in [0.1, 0.15) is 27.8 Å². The number of hydrogen-bond acceptors (Lipinski definition) is 1. The zero-order chi connectivity index (χ0) is 13.8. The van der Waals surface area contributed by atoms with E-state index in [-0.39, 0.29) is 5.92 Å². The lowest BCUT2D eigenvalue weighted by molar-refractivity contribution is 0.723. The van der Waals surface area contributed by atoms with E-state index in [9.17, 15) is 0 Å². The molecule has 0 fully saturated rings. The van der Waals surface area contributed by atoms with Gasteiger partial charge in [-0.2, -0.15) is 0 Å². The Balaban J connectivity index is 2.05. The highest BCUT2D eigenvalue weighted by atomic mass is 32.1. The molecule has 0 aliphatic rings. The molecule has 0 spiro atoms. The number of thiophene rings is 1. The normalized spacial score (nSPS) is 12.5. The molecule has 1 aromatic heterocycles. The van der Waals surface area contributed by atoms with E-state index in [2.05, 4.69) is 85.1 Å². The van der Waals surface area contributed by atoms with Crippen molar-refractivity contribution in [3.05, 3.63) is 101 Å². The largest absolute Gasteiger partial charge is 0.149 e. The molecule has 0 N–H and O–H groups in total. The summed E-state index contributed by atoms with van der Waals surface area (Å²) in [5, 5.41) is 2.13. The van der Waals surface area contributed by atoms with Gasteiger partial charge in [-0.1, -0.05) is 66.7 Å². The Kier molecular flexibility index (Phi) is 3.98. The highest BCUT2D eigenvalue weighted by molar-refractivity contribution is 7.10. The van der Waals surface area contributed by atoms with Crippen LogP contribution in [0.25, 0.3) is 0 Å². The minimum atomic E-state index is 0.236. The zero-order valence-electron chi connectivity index (χ0n) is 11.3. The van der Waals surface area contributed by atoms with Crippen molar-refractivity contribution >= 4 is 11.3 Å². The predicted molar refractivity (Wildman–Crippen MR) is 87.1 cm³/mol. The minimum Gasteiger partial charge on any atom is -0.149 e. The van der Waals surface area contributed by atoms with Gasteiger partial charge in [-0.15, -0.1) is 11.3 Å². The van der Waals surface area contributed by atoms with Gasteiger partial charge in [0.2, 0.25) is 0 Å². The van der Waals surface area contributed by atoms with Gasteiger partial charge in [0.15, 0.2) is 0 Å². The third kappa shape index (κ3) is 2.68. The van der Waals surface area contributed by atoms with Crippen molar-refractivity contribution in [3.8, 4) is 0 Å². The van der Waals surface area contributed by atoms with Gasteiger partial charge in [0.05, 0.1) is 0 Å². The fourth-order valence-corrected chi connectivity index (χ4v) is 3.43. The highest BCUT2D eigenvalue weighted by Crippen LogP contribution is 2.39. The Morgan fingerprint density at radius 2 is 1.25 bits per heavy atom. The van der Waals surface area contributed by atoms with Crippen LogP contribution >= 0.6 is 11.3 Å². The first kappa shape index (κ1) is 13.1. The lowest BCUT2D eigenvalue weighted by Gasteiger charge is -2.24. The van der Waals surface area contributed by atoms with Crippen LogP contribution in [0, 0.1) is 6.92 Å². The summed E-state index contributed by atoms with van der Waals surface area (Å²) in [5.41, 5.74) is 2.65. The van der Waals surface area contributed by atoms with Gasteiger partial charge in [0.1, 0.15) is 0 Å². The number of hydrogen-bond donors (Lipinski definition) is 0. The Morgan fingerprint density at radius 3 is 1.70 bits per heavy atom. The third-order valence-electron chi connectivity index (χ3n) is 3.63. The van der Waals surface area contributed by atoms with E-state index in [1.54, 1.807) is 11.3 Å². The summed E-state index contributed by atoms with van der Waals surface area (Å²) in [6, 6.07) is 25.6. The number of rotatable bonds is 4. The van der Waals surface area contributed by atoms with Crippen molar-refractivity contribution in [2.45, 2.75) is 11.8 Å². The van der Waals surface area contributed by atoms with Gasteiger partial charge >= 0.3 is 0 Å². The molecule has 1 unspecified atom stereocenters. The second kappa shape index (κ2) is 6.06. The summed E-state index contributed by atoms with van der Waals surface area (Å²) in [4.78, 5) is 1.34.